The second-order valence-electron chi connectivity index (χ2n) is 5.33. The number of likely N-dealkylation sites (N-methyl/N-ethyl adjacent to an activating group) is 1. The summed E-state index contributed by atoms with van der Waals surface area (Å²) in [5, 5.41) is 4.17. The summed E-state index contributed by atoms with van der Waals surface area (Å²) >= 11 is 3.11. The lowest BCUT2D eigenvalue weighted by molar-refractivity contribution is 0.413. The quantitative estimate of drug-likeness (QED) is 0.848. The highest BCUT2D eigenvalue weighted by Crippen LogP contribution is 2.40. The Hall–Kier alpha value is -1.18. The maximum absolute atomic E-state index is 6.10. The first-order chi connectivity index (χ1) is 10.0. The number of rotatable bonds is 7. The number of aryl methyl sites for hydroxylation is 1. The van der Waals surface area contributed by atoms with E-state index >= 15 is 0 Å². The van der Waals surface area contributed by atoms with Crippen molar-refractivity contribution in [2.24, 2.45) is 0 Å². The van der Waals surface area contributed by atoms with Crippen LogP contribution in [-0.4, -0.2) is 48.0 Å². The molecule has 0 unspecified atom stereocenters. The number of nitrogens with zero attached hydrogens (tertiary/aromatic N) is 4. The van der Waals surface area contributed by atoms with E-state index in [2.05, 4.69) is 45.6 Å². The maximum atomic E-state index is 6.10. The number of nitrogen functional groups attached to an aromatic ring is 1. The van der Waals surface area contributed by atoms with E-state index in [4.69, 9.17) is 5.73 Å². The van der Waals surface area contributed by atoms with Crippen LogP contribution in [0.25, 0.3) is 10.6 Å². The van der Waals surface area contributed by atoms with Crippen LogP contribution in [0.1, 0.15) is 19.0 Å². The predicted octanol–water partition coefficient (Wildman–Crippen LogP) is 2.94. The molecular weight excluding hydrogens is 302 g/mol. The normalized spacial score (nSPS) is 11.3. The molecule has 0 saturated carbocycles. The molecule has 0 fully saturated rings. The van der Waals surface area contributed by atoms with Crippen molar-refractivity contribution in [3.8, 4) is 10.6 Å². The topological polar surface area (TPSA) is 58.3 Å². The summed E-state index contributed by atoms with van der Waals surface area (Å²) in [4.78, 5) is 9.15. The highest BCUT2D eigenvalue weighted by atomic mass is 32.1. The second kappa shape index (κ2) is 7.20. The smallest absolute Gasteiger partial charge is 0.149 e. The van der Waals surface area contributed by atoms with E-state index in [9.17, 15) is 0 Å². The first-order valence-corrected chi connectivity index (χ1v) is 8.75. The van der Waals surface area contributed by atoms with Crippen molar-refractivity contribution in [1.82, 2.24) is 14.3 Å². The van der Waals surface area contributed by atoms with E-state index in [0.717, 1.165) is 47.3 Å². The van der Waals surface area contributed by atoms with Gasteiger partial charge in [0.1, 0.15) is 15.8 Å². The Labute approximate surface area is 134 Å². The van der Waals surface area contributed by atoms with Gasteiger partial charge in [0.05, 0.1) is 5.56 Å². The summed E-state index contributed by atoms with van der Waals surface area (Å²) < 4.78 is 4.36. The Bertz CT molecular complexity index is 576. The van der Waals surface area contributed by atoms with Gasteiger partial charge >= 0.3 is 0 Å². The standard InChI is InChI=1S/C14H23N5S2/c1-5-6-19(8-7-18(3)4)14-11(12(15)17-21-14)13-16-10(2)9-20-13/h9H,5-8H2,1-4H3,(H2,15,17). The molecule has 2 rings (SSSR count). The number of aromatic nitrogens is 2. The second-order valence-corrected chi connectivity index (χ2v) is 6.94. The number of hydrogen-bond acceptors (Lipinski definition) is 7. The van der Waals surface area contributed by atoms with Crippen molar-refractivity contribution >= 4 is 33.7 Å². The van der Waals surface area contributed by atoms with Gasteiger partial charge in [-0.1, -0.05) is 6.92 Å². The molecule has 2 aromatic heterocycles. The van der Waals surface area contributed by atoms with Gasteiger partial charge < -0.3 is 15.5 Å². The minimum atomic E-state index is 0.593. The zero-order valence-corrected chi connectivity index (χ0v) is 14.7. The van der Waals surface area contributed by atoms with Crippen molar-refractivity contribution in [3.05, 3.63) is 11.1 Å². The molecule has 2 N–H and O–H groups in total. The van der Waals surface area contributed by atoms with Gasteiger partial charge in [-0.15, -0.1) is 11.3 Å². The van der Waals surface area contributed by atoms with Gasteiger partial charge in [-0.25, -0.2) is 4.98 Å². The maximum Gasteiger partial charge on any atom is 0.149 e. The Morgan fingerprint density at radius 3 is 2.57 bits per heavy atom. The van der Waals surface area contributed by atoms with Crippen LogP contribution in [-0.2, 0) is 0 Å². The number of thiazole rings is 1. The van der Waals surface area contributed by atoms with Gasteiger partial charge in [-0.2, -0.15) is 4.37 Å². The Morgan fingerprint density at radius 2 is 2.00 bits per heavy atom. The molecule has 0 radical (unpaired) electrons. The molecule has 2 heterocycles. The molecule has 0 aliphatic carbocycles. The highest BCUT2D eigenvalue weighted by Gasteiger charge is 2.21. The van der Waals surface area contributed by atoms with Crippen molar-refractivity contribution in [2.45, 2.75) is 20.3 Å². The van der Waals surface area contributed by atoms with Gasteiger partial charge in [0.25, 0.3) is 0 Å². The first kappa shape index (κ1) is 16.2. The van der Waals surface area contributed by atoms with Gasteiger partial charge in [-0.05, 0) is 39.0 Å². The fourth-order valence-corrected chi connectivity index (χ4v) is 3.87. The molecule has 0 atom stereocenters. The lowest BCUT2D eigenvalue weighted by Crippen LogP contribution is -2.32. The van der Waals surface area contributed by atoms with Crippen LogP contribution in [0, 0.1) is 6.92 Å². The molecule has 0 spiro atoms. The SMILES string of the molecule is CCCN(CCN(C)C)c1snc(N)c1-c1nc(C)cs1. The van der Waals surface area contributed by atoms with Gasteiger partial charge in [0.2, 0.25) is 0 Å². The van der Waals surface area contributed by atoms with Crippen molar-refractivity contribution in [1.29, 1.82) is 0 Å². The molecule has 0 amide bonds. The van der Waals surface area contributed by atoms with E-state index in [1.54, 1.807) is 11.3 Å². The summed E-state index contributed by atoms with van der Waals surface area (Å²) in [7, 11) is 4.19. The number of anilines is 2. The molecule has 2 aromatic rings. The highest BCUT2D eigenvalue weighted by molar-refractivity contribution is 7.15. The third kappa shape index (κ3) is 3.93. The average Bonchev–Trinajstić information content (AvgIpc) is 3.00. The van der Waals surface area contributed by atoms with E-state index < -0.39 is 0 Å². The van der Waals surface area contributed by atoms with Crippen LogP contribution in [0.5, 0.6) is 0 Å². The Balaban J connectivity index is 2.32. The fourth-order valence-electron chi connectivity index (χ4n) is 2.08. The lowest BCUT2D eigenvalue weighted by atomic mass is 10.3. The molecular formula is C14H23N5S2. The monoisotopic (exact) mass is 325 g/mol. The molecule has 116 valence electrons. The van der Waals surface area contributed by atoms with E-state index in [1.807, 2.05) is 6.92 Å². The zero-order valence-electron chi connectivity index (χ0n) is 13.1. The third-order valence-electron chi connectivity index (χ3n) is 3.13. The van der Waals surface area contributed by atoms with Crippen molar-refractivity contribution < 1.29 is 0 Å². The minimum Gasteiger partial charge on any atom is -0.382 e. The van der Waals surface area contributed by atoms with Gasteiger partial charge in [0.15, 0.2) is 0 Å². The minimum absolute atomic E-state index is 0.593. The molecule has 0 saturated heterocycles. The molecule has 7 heteroatoms. The number of nitrogens with two attached hydrogens (primary N) is 1. The summed E-state index contributed by atoms with van der Waals surface area (Å²) in [6, 6.07) is 0. The first-order valence-electron chi connectivity index (χ1n) is 7.10. The molecule has 0 aliphatic heterocycles. The fraction of sp³-hybridized carbons (Fsp3) is 0.571. The van der Waals surface area contributed by atoms with Crippen LogP contribution < -0.4 is 10.6 Å². The summed E-state index contributed by atoms with van der Waals surface area (Å²) in [5.74, 6) is 0.593. The number of hydrogen-bond donors (Lipinski definition) is 1. The van der Waals surface area contributed by atoms with Crippen molar-refractivity contribution in [2.75, 3.05) is 44.4 Å². The molecule has 5 nitrogen and oxygen atoms in total. The Kier molecular flexibility index (Phi) is 5.55. The third-order valence-corrected chi connectivity index (χ3v) is 5.03. The zero-order chi connectivity index (χ0) is 15.4. The molecule has 0 aromatic carbocycles. The van der Waals surface area contributed by atoms with E-state index in [0.29, 0.717) is 5.82 Å². The summed E-state index contributed by atoms with van der Waals surface area (Å²) in [6.45, 7) is 7.19. The average molecular weight is 326 g/mol. The van der Waals surface area contributed by atoms with Crippen LogP contribution in [0.2, 0.25) is 0 Å². The molecule has 0 bridgehead atoms. The van der Waals surface area contributed by atoms with Crippen molar-refractivity contribution in [3.63, 3.8) is 0 Å². The predicted molar refractivity (Wildman–Crippen MR) is 93.4 cm³/mol. The van der Waals surface area contributed by atoms with E-state index in [-0.39, 0.29) is 0 Å². The van der Waals surface area contributed by atoms with Crippen LogP contribution >= 0.6 is 22.9 Å². The summed E-state index contributed by atoms with van der Waals surface area (Å²) in [5.41, 5.74) is 8.14. The van der Waals surface area contributed by atoms with Crippen LogP contribution in [0.3, 0.4) is 0 Å². The largest absolute Gasteiger partial charge is 0.382 e. The molecule has 21 heavy (non-hydrogen) atoms. The lowest BCUT2D eigenvalue weighted by Gasteiger charge is -2.25. The van der Waals surface area contributed by atoms with Gasteiger partial charge in [-0.3, -0.25) is 0 Å². The van der Waals surface area contributed by atoms with Crippen LogP contribution in [0.4, 0.5) is 10.8 Å². The Morgan fingerprint density at radius 1 is 1.24 bits per heavy atom. The summed E-state index contributed by atoms with van der Waals surface area (Å²) in [6.07, 6.45) is 1.10. The van der Waals surface area contributed by atoms with E-state index in [1.165, 1.54) is 11.5 Å². The van der Waals surface area contributed by atoms with Crippen LogP contribution in [0.15, 0.2) is 5.38 Å². The van der Waals surface area contributed by atoms with Gasteiger partial charge in [0, 0.05) is 30.7 Å². The molecule has 0 aliphatic rings.